The number of anilines is 1. The summed E-state index contributed by atoms with van der Waals surface area (Å²) < 4.78 is 5.44. The molecule has 1 aromatic rings. The molecule has 1 saturated heterocycles. The number of hydrogen-bond donors (Lipinski definition) is 2. The van der Waals surface area contributed by atoms with Gasteiger partial charge in [-0.2, -0.15) is 0 Å². The minimum atomic E-state index is -0.0922. The molecule has 2 N–H and O–H groups in total. The fourth-order valence-corrected chi connectivity index (χ4v) is 2.39. The van der Waals surface area contributed by atoms with Crippen molar-refractivity contribution in [1.29, 1.82) is 0 Å². The average molecular weight is 276 g/mol. The van der Waals surface area contributed by atoms with Crippen LogP contribution < -0.4 is 10.6 Å². The van der Waals surface area contributed by atoms with Crippen LogP contribution in [0.1, 0.15) is 31.2 Å². The maximum absolute atomic E-state index is 11.7. The Bertz CT molecular complexity index is 411. The molecule has 4 nitrogen and oxygen atoms in total. The van der Waals surface area contributed by atoms with Crippen LogP contribution in [-0.4, -0.2) is 31.7 Å². The van der Waals surface area contributed by atoms with Gasteiger partial charge in [0.05, 0.1) is 0 Å². The van der Waals surface area contributed by atoms with Gasteiger partial charge < -0.3 is 15.4 Å². The van der Waals surface area contributed by atoms with Gasteiger partial charge in [0, 0.05) is 18.3 Å². The SMILES string of the molecule is Cc1ccc(NC(=O)COCCC2CCCCN2)cc1. The highest BCUT2D eigenvalue weighted by Crippen LogP contribution is 2.10. The number of carbonyl (C=O) groups excluding carboxylic acids is 1. The van der Waals surface area contributed by atoms with E-state index in [1.165, 1.54) is 24.8 Å². The van der Waals surface area contributed by atoms with Crippen molar-refractivity contribution < 1.29 is 9.53 Å². The number of nitrogens with one attached hydrogen (secondary N) is 2. The van der Waals surface area contributed by atoms with Crippen LogP contribution in [0.2, 0.25) is 0 Å². The van der Waals surface area contributed by atoms with E-state index in [-0.39, 0.29) is 12.5 Å². The lowest BCUT2D eigenvalue weighted by molar-refractivity contribution is -0.120. The molecule has 1 aliphatic heterocycles. The first-order valence-corrected chi connectivity index (χ1v) is 7.42. The maximum Gasteiger partial charge on any atom is 0.250 e. The van der Waals surface area contributed by atoms with E-state index in [0.29, 0.717) is 12.6 Å². The van der Waals surface area contributed by atoms with E-state index < -0.39 is 0 Å². The van der Waals surface area contributed by atoms with Gasteiger partial charge in [-0.3, -0.25) is 4.79 Å². The summed E-state index contributed by atoms with van der Waals surface area (Å²) in [6, 6.07) is 8.32. The molecule has 0 bridgehead atoms. The van der Waals surface area contributed by atoms with Crippen molar-refractivity contribution in [3.05, 3.63) is 29.8 Å². The lowest BCUT2D eigenvalue weighted by Crippen LogP contribution is -2.35. The summed E-state index contributed by atoms with van der Waals surface area (Å²) in [5.74, 6) is -0.0922. The fourth-order valence-electron chi connectivity index (χ4n) is 2.39. The number of amides is 1. The van der Waals surface area contributed by atoms with Gasteiger partial charge >= 0.3 is 0 Å². The molecule has 4 heteroatoms. The predicted octanol–water partition coefficient (Wildman–Crippen LogP) is 2.48. The molecule has 0 saturated carbocycles. The van der Waals surface area contributed by atoms with Crippen LogP contribution in [0.4, 0.5) is 5.69 Å². The van der Waals surface area contributed by atoms with Gasteiger partial charge in [-0.1, -0.05) is 24.1 Å². The van der Waals surface area contributed by atoms with E-state index in [4.69, 9.17) is 4.74 Å². The molecule has 2 rings (SSSR count). The van der Waals surface area contributed by atoms with Gasteiger partial charge in [-0.15, -0.1) is 0 Å². The maximum atomic E-state index is 11.7. The molecule has 1 unspecified atom stereocenters. The zero-order chi connectivity index (χ0) is 14.2. The van der Waals surface area contributed by atoms with Crippen molar-refractivity contribution in [2.75, 3.05) is 25.1 Å². The van der Waals surface area contributed by atoms with Gasteiger partial charge in [0.25, 0.3) is 0 Å². The number of aryl methyl sites for hydroxylation is 1. The minimum Gasteiger partial charge on any atom is -0.372 e. The third-order valence-corrected chi connectivity index (χ3v) is 3.59. The fraction of sp³-hybridized carbons (Fsp3) is 0.562. The van der Waals surface area contributed by atoms with E-state index >= 15 is 0 Å². The molecule has 0 radical (unpaired) electrons. The zero-order valence-corrected chi connectivity index (χ0v) is 12.2. The van der Waals surface area contributed by atoms with Crippen molar-refractivity contribution >= 4 is 11.6 Å². The molecule has 20 heavy (non-hydrogen) atoms. The Balaban J connectivity index is 1.59. The van der Waals surface area contributed by atoms with Gasteiger partial charge in [-0.25, -0.2) is 0 Å². The number of piperidine rings is 1. The Morgan fingerprint density at radius 3 is 2.85 bits per heavy atom. The van der Waals surface area contributed by atoms with Crippen LogP contribution in [-0.2, 0) is 9.53 Å². The zero-order valence-electron chi connectivity index (χ0n) is 12.2. The largest absolute Gasteiger partial charge is 0.372 e. The van der Waals surface area contributed by atoms with Gasteiger partial charge in [0.2, 0.25) is 5.91 Å². The highest BCUT2D eigenvalue weighted by Gasteiger charge is 2.12. The molecule has 0 spiro atoms. The van der Waals surface area contributed by atoms with Crippen LogP contribution in [0.15, 0.2) is 24.3 Å². The first-order chi connectivity index (χ1) is 9.74. The van der Waals surface area contributed by atoms with E-state index in [9.17, 15) is 4.79 Å². The Hall–Kier alpha value is -1.39. The van der Waals surface area contributed by atoms with E-state index in [1.54, 1.807) is 0 Å². The molecule has 1 heterocycles. The molecule has 0 aromatic heterocycles. The number of carbonyl (C=O) groups is 1. The standard InChI is InChI=1S/C16H24N2O2/c1-13-5-7-15(8-6-13)18-16(19)12-20-11-9-14-4-2-3-10-17-14/h5-8,14,17H,2-4,9-12H2,1H3,(H,18,19). The highest BCUT2D eigenvalue weighted by molar-refractivity contribution is 5.91. The topological polar surface area (TPSA) is 50.4 Å². The first kappa shape index (κ1) is 15.0. The Labute approximate surface area is 120 Å². The Kier molecular flexibility index (Phi) is 6.02. The molecule has 1 fully saturated rings. The Morgan fingerprint density at radius 1 is 1.35 bits per heavy atom. The minimum absolute atomic E-state index is 0.0922. The van der Waals surface area contributed by atoms with Crippen molar-refractivity contribution in [2.24, 2.45) is 0 Å². The Morgan fingerprint density at radius 2 is 2.15 bits per heavy atom. The molecule has 1 atom stereocenters. The molecule has 1 aromatic carbocycles. The summed E-state index contributed by atoms with van der Waals surface area (Å²) >= 11 is 0. The molecule has 1 aliphatic rings. The van der Waals surface area contributed by atoms with Gasteiger partial charge in [-0.05, 0) is 44.9 Å². The normalized spacial score (nSPS) is 18.8. The predicted molar refractivity (Wildman–Crippen MR) is 80.9 cm³/mol. The van der Waals surface area contributed by atoms with E-state index in [1.807, 2.05) is 31.2 Å². The molecule has 1 amide bonds. The molecular formula is C16H24N2O2. The van der Waals surface area contributed by atoms with Crippen LogP contribution in [0.3, 0.4) is 0 Å². The molecule has 0 aliphatic carbocycles. The first-order valence-electron chi connectivity index (χ1n) is 7.42. The van der Waals surface area contributed by atoms with E-state index in [0.717, 1.165) is 18.7 Å². The average Bonchev–Trinajstić information content (AvgIpc) is 2.47. The number of ether oxygens (including phenoxy) is 1. The van der Waals surface area contributed by atoms with Crippen LogP contribution in [0.25, 0.3) is 0 Å². The van der Waals surface area contributed by atoms with Crippen molar-refractivity contribution in [3.8, 4) is 0 Å². The van der Waals surface area contributed by atoms with Crippen molar-refractivity contribution in [1.82, 2.24) is 5.32 Å². The summed E-state index contributed by atoms with van der Waals surface area (Å²) in [7, 11) is 0. The number of benzene rings is 1. The van der Waals surface area contributed by atoms with Gasteiger partial charge in [0.1, 0.15) is 6.61 Å². The quantitative estimate of drug-likeness (QED) is 0.785. The second-order valence-electron chi connectivity index (χ2n) is 5.40. The van der Waals surface area contributed by atoms with Crippen LogP contribution in [0.5, 0.6) is 0 Å². The smallest absolute Gasteiger partial charge is 0.250 e. The molecule has 110 valence electrons. The third kappa shape index (κ3) is 5.31. The second-order valence-corrected chi connectivity index (χ2v) is 5.40. The summed E-state index contributed by atoms with van der Waals surface area (Å²) in [6.45, 7) is 3.90. The lowest BCUT2D eigenvalue weighted by Gasteiger charge is -2.23. The van der Waals surface area contributed by atoms with Crippen LogP contribution in [0, 0.1) is 6.92 Å². The highest BCUT2D eigenvalue weighted by atomic mass is 16.5. The summed E-state index contributed by atoms with van der Waals surface area (Å²) in [6.07, 6.45) is 4.78. The second kappa shape index (κ2) is 8.02. The van der Waals surface area contributed by atoms with E-state index in [2.05, 4.69) is 10.6 Å². The van der Waals surface area contributed by atoms with Gasteiger partial charge in [0.15, 0.2) is 0 Å². The summed E-state index contributed by atoms with van der Waals surface area (Å²) in [4.78, 5) is 11.7. The monoisotopic (exact) mass is 276 g/mol. The van der Waals surface area contributed by atoms with Crippen molar-refractivity contribution in [3.63, 3.8) is 0 Å². The molecular weight excluding hydrogens is 252 g/mol. The summed E-state index contributed by atoms with van der Waals surface area (Å²) in [5.41, 5.74) is 2.00. The van der Waals surface area contributed by atoms with Crippen molar-refractivity contribution in [2.45, 2.75) is 38.6 Å². The number of hydrogen-bond acceptors (Lipinski definition) is 3. The number of rotatable bonds is 6. The summed E-state index contributed by atoms with van der Waals surface area (Å²) in [5, 5.41) is 6.30. The van der Waals surface area contributed by atoms with Crippen LogP contribution >= 0.6 is 0 Å². The lowest BCUT2D eigenvalue weighted by atomic mass is 10.0. The third-order valence-electron chi connectivity index (χ3n) is 3.59.